The minimum Gasteiger partial charge on any atom is -0.393 e. The summed E-state index contributed by atoms with van der Waals surface area (Å²) in [5.41, 5.74) is 6.62. The molecule has 0 aliphatic carbocycles. The Morgan fingerprint density at radius 1 is 1.53 bits per heavy atom. The van der Waals surface area contributed by atoms with Crippen LogP contribution >= 0.6 is 0 Å². The summed E-state index contributed by atoms with van der Waals surface area (Å²) in [6, 6.07) is 5.12. The highest BCUT2D eigenvalue weighted by molar-refractivity contribution is 5.66. The van der Waals surface area contributed by atoms with E-state index in [4.69, 9.17) is 5.73 Å². The number of nitrogens with two attached hydrogens (primary N) is 1. The van der Waals surface area contributed by atoms with Crippen LogP contribution in [0, 0.1) is 10.1 Å². The van der Waals surface area contributed by atoms with Gasteiger partial charge in [-0.15, -0.1) is 0 Å². The molecule has 0 amide bonds. The number of nitrogens with zero attached hydrogens (tertiary/aromatic N) is 1. The van der Waals surface area contributed by atoms with Crippen molar-refractivity contribution in [3.8, 4) is 0 Å². The van der Waals surface area contributed by atoms with Crippen LogP contribution in [0.25, 0.3) is 0 Å². The maximum atomic E-state index is 10.6. The molecule has 1 atom stereocenters. The SMILES string of the molecule is Nc1cc(NC2CCCNC2)ccc1[N+](=O)[O-]. The number of nitro benzene ring substituents is 1. The van der Waals surface area contributed by atoms with E-state index in [1.807, 2.05) is 0 Å². The summed E-state index contributed by atoms with van der Waals surface area (Å²) in [4.78, 5) is 10.1. The molecule has 4 N–H and O–H groups in total. The Kier molecular flexibility index (Phi) is 3.43. The van der Waals surface area contributed by atoms with Crippen molar-refractivity contribution < 1.29 is 4.92 Å². The molecule has 0 saturated carbocycles. The van der Waals surface area contributed by atoms with Gasteiger partial charge in [-0.1, -0.05) is 0 Å². The predicted molar refractivity (Wildman–Crippen MR) is 67.0 cm³/mol. The lowest BCUT2D eigenvalue weighted by Gasteiger charge is -2.24. The van der Waals surface area contributed by atoms with Gasteiger partial charge in [-0.3, -0.25) is 10.1 Å². The molecule has 0 aromatic heterocycles. The predicted octanol–water partition coefficient (Wildman–Crippen LogP) is 1.34. The van der Waals surface area contributed by atoms with Crippen LogP contribution in [-0.4, -0.2) is 24.1 Å². The third-order valence-electron chi connectivity index (χ3n) is 2.89. The maximum Gasteiger partial charge on any atom is 0.292 e. The van der Waals surface area contributed by atoms with Crippen LogP contribution in [0.4, 0.5) is 17.1 Å². The zero-order chi connectivity index (χ0) is 12.3. The summed E-state index contributed by atoms with van der Waals surface area (Å²) in [5.74, 6) is 0. The second kappa shape index (κ2) is 5.01. The maximum absolute atomic E-state index is 10.6. The van der Waals surface area contributed by atoms with Crippen molar-refractivity contribution in [2.75, 3.05) is 24.1 Å². The zero-order valence-electron chi connectivity index (χ0n) is 9.48. The van der Waals surface area contributed by atoms with Crippen LogP contribution in [0.3, 0.4) is 0 Å². The Balaban J connectivity index is 2.06. The zero-order valence-corrected chi connectivity index (χ0v) is 9.48. The fourth-order valence-electron chi connectivity index (χ4n) is 2.02. The summed E-state index contributed by atoms with van der Waals surface area (Å²) < 4.78 is 0. The van der Waals surface area contributed by atoms with Crippen LogP contribution in [0.5, 0.6) is 0 Å². The third kappa shape index (κ3) is 2.85. The number of hydrogen-bond acceptors (Lipinski definition) is 5. The molecule has 92 valence electrons. The van der Waals surface area contributed by atoms with Gasteiger partial charge in [0, 0.05) is 24.3 Å². The molecule has 6 nitrogen and oxygen atoms in total. The van der Waals surface area contributed by atoms with E-state index in [0.29, 0.717) is 6.04 Å². The van der Waals surface area contributed by atoms with Crippen molar-refractivity contribution in [2.45, 2.75) is 18.9 Å². The monoisotopic (exact) mass is 236 g/mol. The van der Waals surface area contributed by atoms with Gasteiger partial charge in [0.25, 0.3) is 5.69 Å². The van der Waals surface area contributed by atoms with E-state index in [9.17, 15) is 10.1 Å². The first-order chi connectivity index (χ1) is 8.16. The molecule has 1 saturated heterocycles. The van der Waals surface area contributed by atoms with Crippen molar-refractivity contribution in [1.29, 1.82) is 0 Å². The molecular weight excluding hydrogens is 220 g/mol. The molecule has 0 spiro atoms. The summed E-state index contributed by atoms with van der Waals surface area (Å²) in [7, 11) is 0. The van der Waals surface area contributed by atoms with Crippen LogP contribution in [0.1, 0.15) is 12.8 Å². The third-order valence-corrected chi connectivity index (χ3v) is 2.89. The van der Waals surface area contributed by atoms with Gasteiger partial charge in [-0.05, 0) is 31.5 Å². The first-order valence-corrected chi connectivity index (χ1v) is 5.68. The normalized spacial score (nSPS) is 19.9. The standard InChI is InChI=1S/C11H16N4O2/c12-10-6-8(3-4-11(10)15(16)17)14-9-2-1-5-13-7-9/h3-4,6,9,13-14H,1-2,5,7,12H2. The highest BCUT2D eigenvalue weighted by atomic mass is 16.6. The van der Waals surface area contributed by atoms with Gasteiger partial charge in [0.05, 0.1) is 4.92 Å². The van der Waals surface area contributed by atoms with Crippen molar-refractivity contribution in [3.05, 3.63) is 28.3 Å². The van der Waals surface area contributed by atoms with Gasteiger partial charge < -0.3 is 16.4 Å². The summed E-state index contributed by atoms with van der Waals surface area (Å²) >= 11 is 0. The topological polar surface area (TPSA) is 93.2 Å². The Bertz CT molecular complexity index is 416. The smallest absolute Gasteiger partial charge is 0.292 e. The average Bonchev–Trinajstić information content (AvgIpc) is 2.30. The summed E-state index contributed by atoms with van der Waals surface area (Å²) in [5, 5.41) is 17.2. The molecular formula is C11H16N4O2. The molecule has 1 aromatic carbocycles. The molecule has 6 heteroatoms. The Labute approximate surface area is 99.3 Å². The fourth-order valence-corrected chi connectivity index (χ4v) is 2.02. The Hall–Kier alpha value is -1.82. The molecule has 0 bridgehead atoms. The molecule has 1 unspecified atom stereocenters. The van der Waals surface area contributed by atoms with Gasteiger partial charge in [-0.2, -0.15) is 0 Å². The number of nitro groups is 1. The molecule has 1 fully saturated rings. The second-order valence-corrected chi connectivity index (χ2v) is 4.22. The lowest BCUT2D eigenvalue weighted by atomic mass is 10.1. The van der Waals surface area contributed by atoms with Gasteiger partial charge in [0.1, 0.15) is 5.69 Å². The second-order valence-electron chi connectivity index (χ2n) is 4.22. The van der Waals surface area contributed by atoms with Crippen LogP contribution in [-0.2, 0) is 0 Å². The van der Waals surface area contributed by atoms with Crippen molar-refractivity contribution in [3.63, 3.8) is 0 Å². The molecule has 0 radical (unpaired) electrons. The van der Waals surface area contributed by atoms with E-state index in [1.165, 1.54) is 6.07 Å². The van der Waals surface area contributed by atoms with Crippen molar-refractivity contribution in [2.24, 2.45) is 0 Å². The van der Waals surface area contributed by atoms with Gasteiger partial charge in [0.15, 0.2) is 0 Å². The number of benzene rings is 1. The van der Waals surface area contributed by atoms with Crippen LogP contribution in [0.15, 0.2) is 18.2 Å². The Morgan fingerprint density at radius 2 is 2.35 bits per heavy atom. The van der Waals surface area contributed by atoms with Gasteiger partial charge >= 0.3 is 0 Å². The molecule has 1 aliphatic rings. The average molecular weight is 236 g/mol. The number of rotatable bonds is 3. The van der Waals surface area contributed by atoms with E-state index in [1.54, 1.807) is 12.1 Å². The van der Waals surface area contributed by atoms with Crippen molar-refractivity contribution in [1.82, 2.24) is 5.32 Å². The number of nitrogens with one attached hydrogen (secondary N) is 2. The molecule has 1 heterocycles. The fraction of sp³-hybridized carbons (Fsp3) is 0.455. The lowest BCUT2D eigenvalue weighted by molar-refractivity contribution is -0.383. The van der Waals surface area contributed by atoms with E-state index in [0.717, 1.165) is 31.6 Å². The van der Waals surface area contributed by atoms with E-state index in [-0.39, 0.29) is 11.4 Å². The van der Waals surface area contributed by atoms with E-state index in [2.05, 4.69) is 10.6 Å². The minimum absolute atomic E-state index is 0.0441. The molecule has 2 rings (SSSR count). The molecule has 17 heavy (non-hydrogen) atoms. The van der Waals surface area contributed by atoms with E-state index >= 15 is 0 Å². The largest absolute Gasteiger partial charge is 0.393 e. The van der Waals surface area contributed by atoms with E-state index < -0.39 is 4.92 Å². The highest BCUT2D eigenvalue weighted by Gasteiger charge is 2.15. The first-order valence-electron chi connectivity index (χ1n) is 5.68. The number of piperidine rings is 1. The van der Waals surface area contributed by atoms with Crippen LogP contribution < -0.4 is 16.4 Å². The first kappa shape index (κ1) is 11.7. The molecule has 1 aromatic rings. The van der Waals surface area contributed by atoms with Gasteiger partial charge in [0.2, 0.25) is 0 Å². The number of hydrogen-bond donors (Lipinski definition) is 3. The minimum atomic E-state index is -0.471. The highest BCUT2D eigenvalue weighted by Crippen LogP contribution is 2.25. The summed E-state index contributed by atoms with van der Waals surface area (Å²) in [6.45, 7) is 1.97. The number of nitrogen functional groups attached to an aromatic ring is 1. The van der Waals surface area contributed by atoms with Crippen molar-refractivity contribution >= 4 is 17.1 Å². The van der Waals surface area contributed by atoms with Crippen LogP contribution in [0.2, 0.25) is 0 Å². The van der Waals surface area contributed by atoms with Gasteiger partial charge in [-0.25, -0.2) is 0 Å². The molecule has 1 aliphatic heterocycles. The summed E-state index contributed by atoms with van der Waals surface area (Å²) in [6.07, 6.45) is 2.24. The Morgan fingerprint density at radius 3 is 2.94 bits per heavy atom. The lowest BCUT2D eigenvalue weighted by Crippen LogP contribution is -2.38. The number of anilines is 2. The quantitative estimate of drug-likeness (QED) is 0.418.